The second-order valence-corrected chi connectivity index (χ2v) is 7.40. The van der Waals surface area contributed by atoms with Crippen molar-refractivity contribution in [3.05, 3.63) is 34.7 Å². The molecule has 10 heteroatoms. The molecule has 0 unspecified atom stereocenters. The zero-order valence-electron chi connectivity index (χ0n) is 18.6. The number of methoxy groups -OCH3 is 4. The van der Waals surface area contributed by atoms with Crippen LogP contribution in [0.4, 0.5) is 17.5 Å². The quantitative estimate of drug-likeness (QED) is 0.572. The van der Waals surface area contributed by atoms with E-state index in [9.17, 15) is 4.79 Å². The second kappa shape index (κ2) is 9.31. The maximum Gasteiger partial charge on any atom is 0.261 e. The summed E-state index contributed by atoms with van der Waals surface area (Å²) < 4.78 is 21.7. The molecule has 170 valence electrons. The maximum absolute atomic E-state index is 12.6. The molecule has 2 aromatic heterocycles. The Bertz CT molecular complexity index is 1130. The van der Waals surface area contributed by atoms with Crippen molar-refractivity contribution in [1.29, 1.82) is 0 Å². The predicted molar refractivity (Wildman–Crippen MR) is 122 cm³/mol. The van der Waals surface area contributed by atoms with Crippen LogP contribution in [0.25, 0.3) is 10.9 Å². The number of aromatic amines is 1. The molecule has 0 atom stereocenters. The Balaban J connectivity index is 1.77. The minimum absolute atomic E-state index is 0.242. The average molecular weight is 441 g/mol. The summed E-state index contributed by atoms with van der Waals surface area (Å²) in [6, 6.07) is 5.29. The predicted octanol–water partition coefficient (Wildman–Crippen LogP) is 2.70. The first-order valence-electron chi connectivity index (χ1n) is 10.3. The van der Waals surface area contributed by atoms with Crippen molar-refractivity contribution in [3.63, 3.8) is 0 Å². The van der Waals surface area contributed by atoms with Crippen molar-refractivity contribution in [3.8, 4) is 17.2 Å². The van der Waals surface area contributed by atoms with Crippen LogP contribution < -0.4 is 30.0 Å². The molecule has 0 spiro atoms. The standard InChI is InChI=1S/C22H27N5O5/c1-29-14-6-9-27(10-7-14)22-25-15-5-8-23-21(28)18(15)20(26-22)24-13-11-16(30-2)19(32-4)17(12-13)31-3/h5,8,11-12,14H,6-7,9-10H2,1-4H3,(H,23,28)(H,24,25,26). The number of ether oxygens (including phenoxy) is 4. The van der Waals surface area contributed by atoms with Crippen molar-refractivity contribution in [1.82, 2.24) is 15.0 Å². The van der Waals surface area contributed by atoms with Gasteiger partial charge >= 0.3 is 0 Å². The molecule has 1 aliphatic rings. The Hall–Kier alpha value is -3.53. The molecule has 0 radical (unpaired) electrons. The van der Waals surface area contributed by atoms with Gasteiger partial charge in [0.2, 0.25) is 11.7 Å². The fraction of sp³-hybridized carbons (Fsp3) is 0.409. The molecule has 0 aliphatic carbocycles. The number of fused-ring (bicyclic) bond motifs is 1. The van der Waals surface area contributed by atoms with E-state index in [2.05, 4.69) is 20.2 Å². The van der Waals surface area contributed by atoms with Crippen LogP contribution in [0.15, 0.2) is 29.2 Å². The van der Waals surface area contributed by atoms with Gasteiger partial charge < -0.3 is 34.1 Å². The summed E-state index contributed by atoms with van der Waals surface area (Å²) in [7, 11) is 6.38. The lowest BCUT2D eigenvalue weighted by Gasteiger charge is -2.31. The van der Waals surface area contributed by atoms with Crippen molar-refractivity contribution in [2.24, 2.45) is 0 Å². The van der Waals surface area contributed by atoms with E-state index >= 15 is 0 Å². The molecule has 32 heavy (non-hydrogen) atoms. The summed E-state index contributed by atoms with van der Waals surface area (Å²) in [4.78, 5) is 26.8. The van der Waals surface area contributed by atoms with Crippen molar-refractivity contribution in [2.45, 2.75) is 18.9 Å². The molecular formula is C22H27N5O5. The fourth-order valence-electron chi connectivity index (χ4n) is 3.89. The van der Waals surface area contributed by atoms with Crippen molar-refractivity contribution < 1.29 is 18.9 Å². The number of benzene rings is 1. The minimum atomic E-state index is -0.276. The van der Waals surface area contributed by atoms with Gasteiger partial charge in [-0.3, -0.25) is 4.79 Å². The third-order valence-corrected chi connectivity index (χ3v) is 5.59. The maximum atomic E-state index is 12.6. The highest BCUT2D eigenvalue weighted by molar-refractivity contribution is 5.91. The van der Waals surface area contributed by atoms with E-state index in [-0.39, 0.29) is 11.7 Å². The molecule has 4 rings (SSSR count). The van der Waals surface area contributed by atoms with E-state index in [0.717, 1.165) is 25.9 Å². The molecule has 0 bridgehead atoms. The molecule has 1 saturated heterocycles. The second-order valence-electron chi connectivity index (χ2n) is 7.40. The van der Waals surface area contributed by atoms with E-state index in [1.807, 2.05) is 0 Å². The van der Waals surface area contributed by atoms with Gasteiger partial charge in [-0.2, -0.15) is 4.98 Å². The van der Waals surface area contributed by atoms with Crippen LogP contribution in [0.1, 0.15) is 12.8 Å². The Kier molecular flexibility index (Phi) is 6.31. The van der Waals surface area contributed by atoms with Gasteiger partial charge in [-0.15, -0.1) is 0 Å². The van der Waals surface area contributed by atoms with Crippen molar-refractivity contribution >= 4 is 28.4 Å². The fourth-order valence-corrected chi connectivity index (χ4v) is 3.89. The first-order valence-corrected chi connectivity index (χ1v) is 10.3. The molecule has 10 nitrogen and oxygen atoms in total. The average Bonchev–Trinajstić information content (AvgIpc) is 2.83. The smallest absolute Gasteiger partial charge is 0.261 e. The van der Waals surface area contributed by atoms with Gasteiger partial charge in [0.1, 0.15) is 11.2 Å². The van der Waals surface area contributed by atoms with Gasteiger partial charge in [0.25, 0.3) is 5.56 Å². The minimum Gasteiger partial charge on any atom is -0.493 e. The van der Waals surface area contributed by atoms with E-state index < -0.39 is 0 Å². The van der Waals surface area contributed by atoms with Crippen LogP contribution in [0.2, 0.25) is 0 Å². The normalized spacial score (nSPS) is 14.4. The zero-order chi connectivity index (χ0) is 22.7. The third-order valence-electron chi connectivity index (χ3n) is 5.59. The van der Waals surface area contributed by atoms with Gasteiger partial charge in [-0.25, -0.2) is 4.98 Å². The number of piperidine rings is 1. The van der Waals surface area contributed by atoms with Crippen LogP contribution >= 0.6 is 0 Å². The highest BCUT2D eigenvalue weighted by atomic mass is 16.5. The number of H-pyrrole nitrogens is 1. The highest BCUT2D eigenvalue weighted by Gasteiger charge is 2.23. The Morgan fingerprint density at radius 2 is 1.72 bits per heavy atom. The molecule has 1 aromatic carbocycles. The Morgan fingerprint density at radius 3 is 2.31 bits per heavy atom. The Labute approximate surface area is 185 Å². The van der Waals surface area contributed by atoms with Crippen LogP contribution in [0.5, 0.6) is 17.2 Å². The summed E-state index contributed by atoms with van der Waals surface area (Å²) in [6.07, 6.45) is 3.61. The number of pyridine rings is 1. The largest absolute Gasteiger partial charge is 0.493 e. The summed E-state index contributed by atoms with van der Waals surface area (Å²) in [5.74, 6) is 2.42. The zero-order valence-corrected chi connectivity index (χ0v) is 18.6. The molecule has 0 saturated carbocycles. The number of rotatable bonds is 7. The molecule has 3 heterocycles. The van der Waals surface area contributed by atoms with Crippen LogP contribution in [-0.2, 0) is 4.74 Å². The Morgan fingerprint density at radius 1 is 1.03 bits per heavy atom. The molecule has 2 N–H and O–H groups in total. The van der Waals surface area contributed by atoms with Gasteiger partial charge in [0.15, 0.2) is 11.5 Å². The molecule has 3 aromatic rings. The lowest BCUT2D eigenvalue weighted by atomic mass is 10.1. The van der Waals surface area contributed by atoms with E-state index in [4.69, 9.17) is 23.9 Å². The summed E-state index contributed by atoms with van der Waals surface area (Å²) in [5.41, 5.74) is 0.913. The first kappa shape index (κ1) is 21.7. The molecular weight excluding hydrogens is 414 g/mol. The summed E-state index contributed by atoms with van der Waals surface area (Å²) in [6.45, 7) is 1.55. The van der Waals surface area contributed by atoms with Crippen molar-refractivity contribution in [2.75, 3.05) is 51.7 Å². The lowest BCUT2D eigenvalue weighted by molar-refractivity contribution is 0.0817. The first-order chi connectivity index (χ1) is 15.6. The van der Waals surface area contributed by atoms with Gasteiger partial charge in [-0.05, 0) is 18.9 Å². The van der Waals surface area contributed by atoms with Gasteiger partial charge in [0.05, 0.1) is 33.0 Å². The monoisotopic (exact) mass is 441 g/mol. The van der Waals surface area contributed by atoms with Crippen LogP contribution in [-0.4, -0.2) is 62.6 Å². The highest BCUT2D eigenvalue weighted by Crippen LogP contribution is 2.41. The molecule has 1 aliphatic heterocycles. The van der Waals surface area contributed by atoms with Gasteiger partial charge in [-0.1, -0.05) is 0 Å². The van der Waals surface area contributed by atoms with E-state index in [1.54, 1.807) is 52.8 Å². The third kappa shape index (κ3) is 4.13. The number of nitrogens with zero attached hydrogens (tertiary/aromatic N) is 3. The number of anilines is 3. The lowest BCUT2D eigenvalue weighted by Crippen LogP contribution is -2.37. The summed E-state index contributed by atoms with van der Waals surface area (Å²) >= 11 is 0. The number of aromatic nitrogens is 3. The topological polar surface area (TPSA) is 111 Å². The number of hydrogen-bond donors (Lipinski definition) is 2. The number of hydrogen-bond acceptors (Lipinski definition) is 9. The molecule has 0 amide bonds. The molecule has 1 fully saturated rings. The van der Waals surface area contributed by atoms with E-state index in [0.29, 0.717) is 45.6 Å². The SMILES string of the molecule is COc1cc(Nc2nc(N3CCC(OC)CC3)nc3cc[nH]c(=O)c23)cc(OC)c1OC. The van der Waals surface area contributed by atoms with Crippen LogP contribution in [0, 0.1) is 0 Å². The summed E-state index contributed by atoms with van der Waals surface area (Å²) in [5, 5.41) is 3.62. The van der Waals surface area contributed by atoms with Gasteiger partial charge in [0, 0.05) is 44.2 Å². The van der Waals surface area contributed by atoms with E-state index in [1.165, 1.54) is 0 Å². The number of nitrogens with one attached hydrogen (secondary N) is 2. The van der Waals surface area contributed by atoms with Crippen LogP contribution in [0.3, 0.4) is 0 Å².